The van der Waals surface area contributed by atoms with E-state index in [9.17, 15) is 0 Å². The Morgan fingerprint density at radius 2 is 2.17 bits per heavy atom. The van der Waals surface area contributed by atoms with Crippen LogP contribution in [0.25, 0.3) is 0 Å². The van der Waals surface area contributed by atoms with E-state index in [-0.39, 0.29) is 12.4 Å². The van der Waals surface area contributed by atoms with Crippen LogP contribution < -0.4 is 5.73 Å². The minimum absolute atomic E-state index is 0. The van der Waals surface area contributed by atoms with Gasteiger partial charge < -0.3 is 5.73 Å². The summed E-state index contributed by atoms with van der Waals surface area (Å²) in [5.74, 6) is 0. The SMILES string of the molecule is Cl.Nc1cccc(CN2CCc3sccc3C2)c1. The molecule has 0 aliphatic carbocycles. The van der Waals surface area contributed by atoms with Crippen LogP contribution in [0.2, 0.25) is 0 Å². The smallest absolute Gasteiger partial charge is 0.0317 e. The van der Waals surface area contributed by atoms with E-state index in [1.807, 2.05) is 23.5 Å². The Morgan fingerprint density at radius 3 is 3.00 bits per heavy atom. The third kappa shape index (κ3) is 2.86. The summed E-state index contributed by atoms with van der Waals surface area (Å²) >= 11 is 1.89. The van der Waals surface area contributed by atoms with Gasteiger partial charge in [0.15, 0.2) is 0 Å². The number of nitrogens with zero attached hydrogens (tertiary/aromatic N) is 1. The number of fused-ring (bicyclic) bond motifs is 1. The zero-order valence-corrected chi connectivity index (χ0v) is 11.8. The van der Waals surface area contributed by atoms with Gasteiger partial charge in [0, 0.05) is 30.2 Å². The Kier molecular flexibility index (Phi) is 4.27. The molecule has 2 N–H and O–H groups in total. The highest BCUT2D eigenvalue weighted by Gasteiger charge is 2.16. The number of hydrogen-bond acceptors (Lipinski definition) is 3. The van der Waals surface area contributed by atoms with Crippen molar-refractivity contribution < 1.29 is 0 Å². The van der Waals surface area contributed by atoms with Crippen LogP contribution in [0.4, 0.5) is 5.69 Å². The van der Waals surface area contributed by atoms with Crippen molar-refractivity contribution in [1.29, 1.82) is 0 Å². The van der Waals surface area contributed by atoms with E-state index < -0.39 is 0 Å². The largest absolute Gasteiger partial charge is 0.399 e. The van der Waals surface area contributed by atoms with E-state index in [0.717, 1.165) is 25.3 Å². The van der Waals surface area contributed by atoms with Gasteiger partial charge >= 0.3 is 0 Å². The van der Waals surface area contributed by atoms with E-state index in [0.29, 0.717) is 0 Å². The summed E-state index contributed by atoms with van der Waals surface area (Å²) in [5.41, 5.74) is 9.48. The third-order valence-corrected chi connectivity index (χ3v) is 4.27. The molecule has 0 atom stereocenters. The molecule has 1 aromatic carbocycles. The van der Waals surface area contributed by atoms with Crippen LogP contribution in [0.3, 0.4) is 0 Å². The second-order valence-corrected chi connectivity index (χ2v) is 5.58. The number of thiophene rings is 1. The second-order valence-electron chi connectivity index (χ2n) is 4.57. The normalized spacial score (nSPS) is 14.9. The highest BCUT2D eigenvalue weighted by atomic mass is 35.5. The summed E-state index contributed by atoms with van der Waals surface area (Å²) in [6.07, 6.45) is 1.19. The van der Waals surface area contributed by atoms with E-state index in [4.69, 9.17) is 5.73 Å². The zero-order chi connectivity index (χ0) is 11.7. The molecule has 18 heavy (non-hydrogen) atoms. The number of nitrogens with two attached hydrogens (primary N) is 1. The van der Waals surface area contributed by atoms with Crippen LogP contribution in [0.5, 0.6) is 0 Å². The molecule has 0 radical (unpaired) electrons. The molecule has 1 aliphatic rings. The fraction of sp³-hybridized carbons (Fsp3) is 0.286. The molecule has 2 heterocycles. The minimum Gasteiger partial charge on any atom is -0.399 e. The first kappa shape index (κ1) is 13.4. The molecule has 0 saturated carbocycles. The lowest BCUT2D eigenvalue weighted by atomic mass is 10.1. The van der Waals surface area contributed by atoms with E-state index in [2.05, 4.69) is 28.5 Å². The van der Waals surface area contributed by atoms with Crippen LogP contribution >= 0.6 is 23.7 Å². The lowest BCUT2D eigenvalue weighted by Crippen LogP contribution is -2.29. The predicted octanol–water partition coefficient (Wildman–Crippen LogP) is 3.31. The van der Waals surface area contributed by atoms with Crippen molar-refractivity contribution in [2.24, 2.45) is 0 Å². The van der Waals surface area contributed by atoms with Crippen molar-refractivity contribution in [3.05, 3.63) is 51.7 Å². The molecule has 0 fully saturated rings. The number of rotatable bonds is 2. The fourth-order valence-electron chi connectivity index (χ4n) is 2.39. The van der Waals surface area contributed by atoms with Gasteiger partial charge in [-0.1, -0.05) is 12.1 Å². The van der Waals surface area contributed by atoms with Crippen molar-refractivity contribution >= 4 is 29.4 Å². The standard InChI is InChI=1S/C14H16N2S.ClH/c15-13-3-1-2-11(8-13)9-16-6-4-14-12(10-16)5-7-17-14;/h1-3,5,7-8H,4,6,9-10,15H2;1H. The highest BCUT2D eigenvalue weighted by molar-refractivity contribution is 7.10. The van der Waals surface area contributed by atoms with Gasteiger partial charge in [-0.3, -0.25) is 4.90 Å². The van der Waals surface area contributed by atoms with Crippen LogP contribution in [-0.2, 0) is 19.5 Å². The van der Waals surface area contributed by atoms with Gasteiger partial charge in [-0.2, -0.15) is 0 Å². The van der Waals surface area contributed by atoms with E-state index in [1.54, 1.807) is 4.88 Å². The Bertz CT molecular complexity index is 524. The monoisotopic (exact) mass is 280 g/mol. The average Bonchev–Trinajstić information content (AvgIpc) is 2.76. The molecule has 4 heteroatoms. The lowest BCUT2D eigenvalue weighted by molar-refractivity contribution is 0.247. The first-order valence-corrected chi connectivity index (χ1v) is 6.81. The van der Waals surface area contributed by atoms with Gasteiger partial charge in [0.1, 0.15) is 0 Å². The lowest BCUT2D eigenvalue weighted by Gasteiger charge is -2.26. The predicted molar refractivity (Wildman–Crippen MR) is 80.2 cm³/mol. The van der Waals surface area contributed by atoms with Gasteiger partial charge in [-0.25, -0.2) is 0 Å². The Morgan fingerprint density at radius 1 is 1.28 bits per heavy atom. The van der Waals surface area contributed by atoms with Crippen molar-refractivity contribution in [3.63, 3.8) is 0 Å². The molecule has 0 bridgehead atoms. The molecular formula is C14H17ClN2S. The van der Waals surface area contributed by atoms with Gasteiger partial charge in [-0.15, -0.1) is 23.7 Å². The maximum Gasteiger partial charge on any atom is 0.0317 e. The number of halogens is 1. The summed E-state index contributed by atoms with van der Waals surface area (Å²) in [7, 11) is 0. The molecule has 0 amide bonds. The molecule has 96 valence electrons. The molecule has 1 aliphatic heterocycles. The topological polar surface area (TPSA) is 29.3 Å². The van der Waals surface area contributed by atoms with Crippen molar-refractivity contribution in [2.45, 2.75) is 19.5 Å². The molecule has 2 nitrogen and oxygen atoms in total. The third-order valence-electron chi connectivity index (χ3n) is 3.24. The summed E-state index contributed by atoms with van der Waals surface area (Å²) < 4.78 is 0. The molecule has 0 unspecified atom stereocenters. The minimum atomic E-state index is 0. The maximum absolute atomic E-state index is 5.81. The van der Waals surface area contributed by atoms with Crippen molar-refractivity contribution in [3.8, 4) is 0 Å². The fourth-order valence-corrected chi connectivity index (χ4v) is 3.28. The van der Waals surface area contributed by atoms with Gasteiger partial charge in [-0.05, 0) is 41.1 Å². The van der Waals surface area contributed by atoms with E-state index in [1.165, 1.54) is 17.5 Å². The summed E-state index contributed by atoms with van der Waals surface area (Å²) in [4.78, 5) is 4.05. The van der Waals surface area contributed by atoms with Gasteiger partial charge in [0.2, 0.25) is 0 Å². The average molecular weight is 281 g/mol. The Hall–Kier alpha value is -1.03. The number of hydrogen-bond donors (Lipinski definition) is 1. The van der Waals surface area contributed by atoms with Crippen molar-refractivity contribution in [2.75, 3.05) is 12.3 Å². The number of anilines is 1. The first-order chi connectivity index (χ1) is 8.31. The summed E-state index contributed by atoms with van der Waals surface area (Å²) in [5, 5.41) is 2.20. The Balaban J connectivity index is 0.00000120. The molecule has 0 saturated heterocycles. The Labute approximate surface area is 118 Å². The van der Waals surface area contributed by atoms with Crippen LogP contribution in [0, 0.1) is 0 Å². The highest BCUT2D eigenvalue weighted by Crippen LogP contribution is 2.25. The maximum atomic E-state index is 5.81. The van der Waals surface area contributed by atoms with Crippen LogP contribution in [0.15, 0.2) is 35.7 Å². The molecule has 3 rings (SSSR count). The molecular weight excluding hydrogens is 264 g/mol. The quantitative estimate of drug-likeness (QED) is 0.855. The first-order valence-electron chi connectivity index (χ1n) is 5.93. The van der Waals surface area contributed by atoms with Crippen molar-refractivity contribution in [1.82, 2.24) is 4.90 Å². The van der Waals surface area contributed by atoms with E-state index >= 15 is 0 Å². The summed E-state index contributed by atoms with van der Waals surface area (Å²) in [6, 6.07) is 10.5. The molecule has 0 spiro atoms. The second kappa shape index (κ2) is 5.74. The number of nitrogen functional groups attached to an aromatic ring is 1. The molecule has 2 aromatic rings. The summed E-state index contributed by atoms with van der Waals surface area (Å²) in [6.45, 7) is 3.23. The number of benzene rings is 1. The van der Waals surface area contributed by atoms with Crippen LogP contribution in [0.1, 0.15) is 16.0 Å². The molecule has 1 aromatic heterocycles. The zero-order valence-electron chi connectivity index (χ0n) is 10.1. The van der Waals surface area contributed by atoms with Gasteiger partial charge in [0.05, 0.1) is 0 Å². The van der Waals surface area contributed by atoms with Gasteiger partial charge in [0.25, 0.3) is 0 Å². The van der Waals surface area contributed by atoms with Crippen LogP contribution in [-0.4, -0.2) is 11.4 Å².